The lowest BCUT2D eigenvalue weighted by atomic mass is 10.0. The van der Waals surface area contributed by atoms with Gasteiger partial charge >= 0.3 is 0 Å². The fraction of sp³-hybridized carbons (Fsp3) is 0.160. The quantitative estimate of drug-likeness (QED) is 0.530. The summed E-state index contributed by atoms with van der Waals surface area (Å²) in [5.41, 5.74) is 3.13. The van der Waals surface area contributed by atoms with Gasteiger partial charge in [0.2, 0.25) is 5.78 Å². The topological polar surface area (TPSA) is 54.0 Å². The highest BCUT2D eigenvalue weighted by Crippen LogP contribution is 2.38. The van der Waals surface area contributed by atoms with Gasteiger partial charge in [0.25, 0.3) is 0 Å². The second-order valence-electron chi connectivity index (χ2n) is 6.94. The minimum atomic E-state index is -0.165. The number of Topliss-reactive ketones (excluding diaryl/α,β-unsaturated/α-hetero) is 1. The summed E-state index contributed by atoms with van der Waals surface area (Å²) in [6.07, 6.45) is 1.67. The molecular formula is C25H22O5. The van der Waals surface area contributed by atoms with E-state index in [0.29, 0.717) is 40.7 Å². The van der Waals surface area contributed by atoms with Crippen LogP contribution in [0.25, 0.3) is 6.08 Å². The number of ether oxygens (including phenoxy) is 4. The minimum Gasteiger partial charge on any atom is -0.497 e. The van der Waals surface area contributed by atoms with E-state index in [1.54, 1.807) is 44.6 Å². The van der Waals surface area contributed by atoms with Crippen molar-refractivity contribution in [1.82, 2.24) is 0 Å². The molecule has 5 heteroatoms. The first-order chi connectivity index (χ1) is 14.6. The summed E-state index contributed by atoms with van der Waals surface area (Å²) in [6.45, 7) is 2.32. The smallest absolute Gasteiger partial charge is 0.232 e. The van der Waals surface area contributed by atoms with Gasteiger partial charge in [-0.1, -0.05) is 30.3 Å². The minimum absolute atomic E-state index is 0.165. The molecule has 3 aromatic rings. The molecule has 1 heterocycles. The summed E-state index contributed by atoms with van der Waals surface area (Å²) in [4.78, 5) is 13.0. The van der Waals surface area contributed by atoms with Crippen LogP contribution in [-0.2, 0) is 6.61 Å². The van der Waals surface area contributed by atoms with Crippen molar-refractivity contribution in [1.29, 1.82) is 0 Å². The molecule has 3 aromatic carbocycles. The summed E-state index contributed by atoms with van der Waals surface area (Å²) in [7, 11) is 3.17. The van der Waals surface area contributed by atoms with Gasteiger partial charge in [-0.3, -0.25) is 4.79 Å². The first-order valence-electron chi connectivity index (χ1n) is 9.56. The second-order valence-corrected chi connectivity index (χ2v) is 6.94. The molecular weight excluding hydrogens is 380 g/mol. The van der Waals surface area contributed by atoms with Crippen molar-refractivity contribution in [3.05, 3.63) is 88.7 Å². The second kappa shape index (κ2) is 8.33. The summed E-state index contributed by atoms with van der Waals surface area (Å²) in [5, 5.41) is 0. The molecule has 5 nitrogen and oxygen atoms in total. The number of carbonyl (C=O) groups excluding carboxylic acids is 1. The Labute approximate surface area is 175 Å². The Morgan fingerprint density at radius 3 is 2.47 bits per heavy atom. The Hall–Kier alpha value is -3.73. The number of fused-ring (bicyclic) bond motifs is 1. The average molecular weight is 402 g/mol. The molecule has 152 valence electrons. The predicted molar refractivity (Wildman–Crippen MR) is 114 cm³/mol. The normalized spacial score (nSPS) is 13.7. The van der Waals surface area contributed by atoms with Crippen LogP contribution in [0, 0.1) is 6.92 Å². The van der Waals surface area contributed by atoms with E-state index in [1.165, 1.54) is 0 Å². The Morgan fingerprint density at radius 1 is 0.933 bits per heavy atom. The summed E-state index contributed by atoms with van der Waals surface area (Å²) in [6, 6.07) is 18.9. The number of benzene rings is 3. The lowest BCUT2D eigenvalue weighted by Crippen LogP contribution is -2.00. The lowest BCUT2D eigenvalue weighted by molar-refractivity contribution is 0.101. The number of hydrogen-bond donors (Lipinski definition) is 0. The number of ketones is 1. The maximum absolute atomic E-state index is 13.0. The first kappa shape index (κ1) is 19.6. The molecule has 0 saturated carbocycles. The van der Waals surface area contributed by atoms with Gasteiger partial charge < -0.3 is 18.9 Å². The van der Waals surface area contributed by atoms with Crippen LogP contribution in [-0.4, -0.2) is 20.0 Å². The standard InChI is InChI=1S/C25H22O5/c1-16-11-20(29-15-17-7-5-4-6-8-17)14-22-24(16)25(26)23(30-22)13-18-12-19(27-2)9-10-21(18)28-3/h4-14H,15H2,1-3H3/b23-13-. The lowest BCUT2D eigenvalue weighted by Gasteiger charge is -2.09. The molecule has 1 aliphatic rings. The first-order valence-corrected chi connectivity index (χ1v) is 9.56. The van der Waals surface area contributed by atoms with Gasteiger partial charge in [0, 0.05) is 11.6 Å². The van der Waals surface area contributed by atoms with Crippen molar-refractivity contribution in [2.75, 3.05) is 14.2 Å². The molecule has 0 amide bonds. The molecule has 0 radical (unpaired) electrons. The molecule has 4 rings (SSSR count). The van der Waals surface area contributed by atoms with Gasteiger partial charge in [0.1, 0.15) is 29.6 Å². The van der Waals surface area contributed by atoms with E-state index in [4.69, 9.17) is 18.9 Å². The van der Waals surface area contributed by atoms with E-state index >= 15 is 0 Å². The number of aryl methyl sites for hydroxylation is 1. The van der Waals surface area contributed by atoms with Gasteiger partial charge in [0.05, 0.1) is 19.8 Å². The van der Waals surface area contributed by atoms with E-state index < -0.39 is 0 Å². The molecule has 0 fully saturated rings. The number of methoxy groups -OCH3 is 2. The third-order valence-electron chi connectivity index (χ3n) is 4.92. The van der Waals surface area contributed by atoms with Gasteiger partial charge in [-0.25, -0.2) is 0 Å². The molecule has 30 heavy (non-hydrogen) atoms. The Morgan fingerprint density at radius 2 is 1.73 bits per heavy atom. The fourth-order valence-corrected chi connectivity index (χ4v) is 3.40. The molecule has 0 saturated heterocycles. The van der Waals surface area contributed by atoms with Crippen LogP contribution in [0.4, 0.5) is 0 Å². The Bertz CT molecular complexity index is 1120. The Balaban J connectivity index is 1.61. The fourth-order valence-electron chi connectivity index (χ4n) is 3.40. The highest BCUT2D eigenvalue weighted by molar-refractivity contribution is 6.15. The average Bonchev–Trinajstić information content (AvgIpc) is 3.08. The van der Waals surface area contributed by atoms with Crippen LogP contribution in [0.3, 0.4) is 0 Å². The largest absolute Gasteiger partial charge is 0.497 e. The SMILES string of the molecule is COc1ccc(OC)c(/C=C2\Oc3cc(OCc4ccccc4)cc(C)c3C2=O)c1. The van der Waals surface area contributed by atoms with E-state index in [-0.39, 0.29) is 11.5 Å². The van der Waals surface area contributed by atoms with Gasteiger partial charge in [0.15, 0.2) is 5.76 Å². The van der Waals surface area contributed by atoms with Gasteiger partial charge in [-0.2, -0.15) is 0 Å². The van der Waals surface area contributed by atoms with Crippen molar-refractivity contribution >= 4 is 11.9 Å². The van der Waals surface area contributed by atoms with Crippen molar-refractivity contribution < 1.29 is 23.7 Å². The van der Waals surface area contributed by atoms with Gasteiger partial charge in [-0.05, 0) is 48.4 Å². The molecule has 0 atom stereocenters. The highest BCUT2D eigenvalue weighted by atomic mass is 16.5. The number of allylic oxidation sites excluding steroid dienone is 1. The van der Waals surface area contributed by atoms with Crippen LogP contribution < -0.4 is 18.9 Å². The van der Waals surface area contributed by atoms with Crippen LogP contribution in [0.15, 0.2) is 66.4 Å². The van der Waals surface area contributed by atoms with E-state index in [9.17, 15) is 4.79 Å². The van der Waals surface area contributed by atoms with Crippen molar-refractivity contribution in [2.45, 2.75) is 13.5 Å². The molecule has 0 spiro atoms. The maximum Gasteiger partial charge on any atom is 0.232 e. The van der Waals surface area contributed by atoms with Crippen molar-refractivity contribution in [3.63, 3.8) is 0 Å². The van der Waals surface area contributed by atoms with E-state index in [0.717, 1.165) is 11.1 Å². The molecule has 0 aliphatic carbocycles. The van der Waals surface area contributed by atoms with Crippen LogP contribution in [0.1, 0.15) is 27.0 Å². The molecule has 0 aromatic heterocycles. The zero-order valence-corrected chi connectivity index (χ0v) is 17.1. The molecule has 0 N–H and O–H groups in total. The predicted octanol–water partition coefficient (Wildman–Crippen LogP) is 5.21. The van der Waals surface area contributed by atoms with Crippen molar-refractivity contribution in [2.24, 2.45) is 0 Å². The number of carbonyl (C=O) groups is 1. The van der Waals surface area contributed by atoms with Gasteiger partial charge in [-0.15, -0.1) is 0 Å². The highest BCUT2D eigenvalue weighted by Gasteiger charge is 2.30. The zero-order chi connectivity index (χ0) is 21.1. The number of hydrogen-bond acceptors (Lipinski definition) is 5. The molecule has 0 bridgehead atoms. The third kappa shape index (κ3) is 3.87. The summed E-state index contributed by atoms with van der Waals surface area (Å²) in [5.74, 6) is 2.51. The Kier molecular flexibility index (Phi) is 5.44. The van der Waals surface area contributed by atoms with Crippen LogP contribution >= 0.6 is 0 Å². The van der Waals surface area contributed by atoms with Crippen LogP contribution in [0.5, 0.6) is 23.0 Å². The summed E-state index contributed by atoms with van der Waals surface area (Å²) >= 11 is 0. The van der Waals surface area contributed by atoms with E-state index in [2.05, 4.69) is 0 Å². The monoisotopic (exact) mass is 402 g/mol. The third-order valence-corrected chi connectivity index (χ3v) is 4.92. The molecule has 1 aliphatic heterocycles. The summed E-state index contributed by atoms with van der Waals surface area (Å²) < 4.78 is 22.5. The molecule has 0 unspecified atom stereocenters. The zero-order valence-electron chi connectivity index (χ0n) is 17.1. The van der Waals surface area contributed by atoms with E-state index in [1.807, 2.05) is 43.3 Å². The van der Waals surface area contributed by atoms with Crippen LogP contribution in [0.2, 0.25) is 0 Å². The number of rotatable bonds is 6. The maximum atomic E-state index is 13.0. The van der Waals surface area contributed by atoms with Crippen molar-refractivity contribution in [3.8, 4) is 23.0 Å².